The van der Waals surface area contributed by atoms with Gasteiger partial charge in [-0.25, -0.2) is 0 Å². The molecule has 1 N–H and O–H groups in total. The number of benzene rings is 2. The fourth-order valence-electron chi connectivity index (χ4n) is 2.39. The number of halogens is 2. The molecule has 2 aromatic rings. The fourth-order valence-corrected chi connectivity index (χ4v) is 4.14. The van der Waals surface area contributed by atoms with Crippen molar-refractivity contribution in [3.8, 4) is 11.5 Å². The molecule has 1 amide bonds. The lowest BCUT2D eigenvalue weighted by atomic mass is 10.1. The van der Waals surface area contributed by atoms with Gasteiger partial charge >= 0.3 is 0 Å². The van der Waals surface area contributed by atoms with E-state index >= 15 is 0 Å². The molecule has 1 saturated heterocycles. The monoisotopic (exact) mass is 425 g/mol. The Labute approximate surface area is 170 Å². The van der Waals surface area contributed by atoms with E-state index in [1.54, 1.807) is 19.3 Å². The van der Waals surface area contributed by atoms with Gasteiger partial charge in [0.15, 0.2) is 0 Å². The number of rotatable bonds is 4. The van der Waals surface area contributed by atoms with Crippen molar-refractivity contribution in [3.05, 3.63) is 62.5 Å². The highest BCUT2D eigenvalue weighted by atomic mass is 35.5. The molecule has 0 atom stereocenters. The molecule has 0 saturated carbocycles. The normalized spacial score (nSPS) is 15.8. The number of aromatic hydroxyl groups is 1. The van der Waals surface area contributed by atoms with Gasteiger partial charge in [0.2, 0.25) is 0 Å². The average Bonchev–Trinajstić information content (AvgIpc) is 2.87. The quantitative estimate of drug-likeness (QED) is 0.544. The lowest BCUT2D eigenvalue weighted by molar-refractivity contribution is -0.122. The van der Waals surface area contributed by atoms with Crippen LogP contribution >= 0.6 is 47.2 Å². The zero-order valence-corrected chi connectivity index (χ0v) is 16.7. The van der Waals surface area contributed by atoms with Crippen molar-refractivity contribution in [2.24, 2.45) is 0 Å². The maximum atomic E-state index is 12.7. The number of ether oxygens (including phenoxy) is 1. The van der Waals surface area contributed by atoms with Gasteiger partial charge in [0.05, 0.1) is 23.6 Å². The molecule has 0 radical (unpaired) electrons. The van der Waals surface area contributed by atoms with Crippen LogP contribution in [0.2, 0.25) is 10.0 Å². The van der Waals surface area contributed by atoms with E-state index in [9.17, 15) is 9.90 Å². The van der Waals surface area contributed by atoms with Gasteiger partial charge in [-0.05, 0) is 35.9 Å². The Morgan fingerprint density at radius 2 is 1.96 bits per heavy atom. The lowest BCUT2D eigenvalue weighted by Crippen LogP contribution is -2.27. The second kappa shape index (κ2) is 7.88. The summed E-state index contributed by atoms with van der Waals surface area (Å²) in [5, 5.41) is 10.6. The molecule has 0 bridgehead atoms. The van der Waals surface area contributed by atoms with Gasteiger partial charge < -0.3 is 9.84 Å². The van der Waals surface area contributed by atoms with Crippen molar-refractivity contribution in [2.45, 2.75) is 6.54 Å². The molecule has 8 heteroatoms. The number of methoxy groups -OCH3 is 1. The van der Waals surface area contributed by atoms with Gasteiger partial charge in [-0.2, -0.15) is 0 Å². The summed E-state index contributed by atoms with van der Waals surface area (Å²) < 4.78 is 5.58. The van der Waals surface area contributed by atoms with Crippen LogP contribution in [0.1, 0.15) is 11.1 Å². The molecule has 134 valence electrons. The van der Waals surface area contributed by atoms with Gasteiger partial charge in [-0.1, -0.05) is 59.3 Å². The number of thioether (sulfide) groups is 1. The Balaban J connectivity index is 1.84. The number of carbonyl (C=O) groups excluding carboxylic acids is 1. The van der Waals surface area contributed by atoms with Crippen molar-refractivity contribution in [1.82, 2.24) is 4.90 Å². The molecule has 4 nitrogen and oxygen atoms in total. The molecule has 1 aliphatic rings. The Kier molecular flexibility index (Phi) is 5.77. The minimum Gasteiger partial charge on any atom is -0.506 e. The molecule has 26 heavy (non-hydrogen) atoms. The van der Waals surface area contributed by atoms with Crippen LogP contribution in [0.5, 0.6) is 11.5 Å². The Hall–Kier alpha value is -1.73. The summed E-state index contributed by atoms with van der Waals surface area (Å²) in [6, 6.07) is 10.4. The summed E-state index contributed by atoms with van der Waals surface area (Å²) in [5.41, 5.74) is 1.30. The Bertz CT molecular complexity index is 913. The molecular formula is C18H13Cl2NO3S2. The zero-order chi connectivity index (χ0) is 18.8. The fraction of sp³-hybridized carbons (Fsp3) is 0.111. The largest absolute Gasteiger partial charge is 0.506 e. The predicted octanol–water partition coefficient (Wildman–Crippen LogP) is 5.11. The second-order valence-electron chi connectivity index (χ2n) is 5.44. The molecule has 1 aliphatic heterocycles. The molecule has 0 aromatic heterocycles. The second-order valence-corrected chi connectivity index (χ2v) is 7.96. The van der Waals surface area contributed by atoms with E-state index in [1.165, 1.54) is 22.7 Å². The number of carbonyl (C=O) groups is 1. The summed E-state index contributed by atoms with van der Waals surface area (Å²) in [7, 11) is 1.60. The van der Waals surface area contributed by atoms with Crippen molar-refractivity contribution < 1.29 is 14.6 Å². The van der Waals surface area contributed by atoms with E-state index in [2.05, 4.69) is 0 Å². The lowest BCUT2D eigenvalue weighted by Gasteiger charge is -2.14. The summed E-state index contributed by atoms with van der Waals surface area (Å²) in [6.07, 6.45) is 1.54. The van der Waals surface area contributed by atoms with E-state index in [-0.39, 0.29) is 16.7 Å². The van der Waals surface area contributed by atoms with Gasteiger partial charge in [-0.15, -0.1) is 0 Å². The van der Waals surface area contributed by atoms with Crippen LogP contribution in [0.25, 0.3) is 6.08 Å². The highest BCUT2D eigenvalue weighted by Crippen LogP contribution is 2.38. The van der Waals surface area contributed by atoms with Crippen LogP contribution in [-0.4, -0.2) is 27.3 Å². The third-order valence-corrected chi connectivity index (χ3v) is 5.60. The molecule has 3 rings (SSSR count). The standard InChI is InChI=1S/C18H13Cl2NO3S2/c1-24-13-4-2-10(3-5-13)9-21-17(23)15(26-18(21)25)7-11-6-12(19)8-14(20)16(11)22/h2-8,22H,9H2,1H3/b15-7-. The first-order valence-electron chi connectivity index (χ1n) is 7.45. The SMILES string of the molecule is COc1ccc(CN2C(=O)/C(=C/c3cc(Cl)cc(Cl)c3O)SC2=S)cc1. The van der Waals surface area contributed by atoms with Crippen molar-refractivity contribution >= 4 is 63.5 Å². The Morgan fingerprint density at radius 1 is 1.27 bits per heavy atom. The highest BCUT2D eigenvalue weighted by Gasteiger charge is 2.32. The van der Waals surface area contributed by atoms with Crippen LogP contribution in [0.4, 0.5) is 0 Å². The third kappa shape index (κ3) is 3.99. The first-order valence-corrected chi connectivity index (χ1v) is 9.43. The predicted molar refractivity (Wildman–Crippen MR) is 110 cm³/mol. The van der Waals surface area contributed by atoms with Crippen molar-refractivity contribution in [3.63, 3.8) is 0 Å². The molecular weight excluding hydrogens is 413 g/mol. The number of thiocarbonyl (C=S) groups is 1. The molecule has 0 unspecified atom stereocenters. The number of hydrogen-bond acceptors (Lipinski definition) is 5. The number of hydrogen-bond donors (Lipinski definition) is 1. The smallest absolute Gasteiger partial charge is 0.266 e. The topological polar surface area (TPSA) is 49.8 Å². The van der Waals surface area contributed by atoms with Gasteiger partial charge in [0.1, 0.15) is 15.8 Å². The average molecular weight is 426 g/mol. The first-order chi connectivity index (χ1) is 12.4. The summed E-state index contributed by atoms with van der Waals surface area (Å²) in [5.74, 6) is 0.384. The molecule has 0 spiro atoms. The zero-order valence-electron chi connectivity index (χ0n) is 13.5. The third-order valence-electron chi connectivity index (χ3n) is 3.72. The summed E-state index contributed by atoms with van der Waals surface area (Å²) in [4.78, 5) is 14.6. The summed E-state index contributed by atoms with van der Waals surface area (Å²) in [6.45, 7) is 0.355. The number of phenols is 1. The Morgan fingerprint density at radius 3 is 2.62 bits per heavy atom. The first kappa shape index (κ1) is 19.0. The van der Waals surface area contributed by atoms with E-state index in [1.807, 2.05) is 24.3 Å². The maximum Gasteiger partial charge on any atom is 0.266 e. The number of amides is 1. The highest BCUT2D eigenvalue weighted by molar-refractivity contribution is 8.26. The minimum absolute atomic E-state index is 0.123. The summed E-state index contributed by atoms with van der Waals surface area (Å²) >= 11 is 18.4. The molecule has 0 aliphatic carbocycles. The van der Waals surface area contributed by atoms with Gasteiger partial charge in [-0.3, -0.25) is 9.69 Å². The molecule has 1 fully saturated rings. The number of phenolic OH excluding ortho intramolecular Hbond substituents is 1. The van der Waals surface area contributed by atoms with E-state index in [4.69, 9.17) is 40.2 Å². The van der Waals surface area contributed by atoms with Crippen LogP contribution in [-0.2, 0) is 11.3 Å². The van der Waals surface area contributed by atoms with Gasteiger partial charge in [0.25, 0.3) is 5.91 Å². The van der Waals surface area contributed by atoms with Crippen molar-refractivity contribution in [1.29, 1.82) is 0 Å². The van der Waals surface area contributed by atoms with Gasteiger partial charge in [0, 0.05) is 10.6 Å². The minimum atomic E-state index is -0.230. The van der Waals surface area contributed by atoms with E-state index in [0.29, 0.717) is 26.4 Å². The molecule has 1 heterocycles. The molecule has 2 aromatic carbocycles. The maximum absolute atomic E-state index is 12.7. The van der Waals surface area contributed by atoms with E-state index in [0.717, 1.165) is 11.3 Å². The van der Waals surface area contributed by atoms with Crippen LogP contribution in [0.3, 0.4) is 0 Å². The van der Waals surface area contributed by atoms with Crippen molar-refractivity contribution in [2.75, 3.05) is 7.11 Å². The van der Waals surface area contributed by atoms with Crippen LogP contribution < -0.4 is 4.74 Å². The number of nitrogens with zero attached hydrogens (tertiary/aromatic N) is 1. The van der Waals surface area contributed by atoms with Crippen LogP contribution in [0.15, 0.2) is 41.3 Å². The van der Waals surface area contributed by atoms with E-state index < -0.39 is 0 Å². The van der Waals surface area contributed by atoms with Crippen LogP contribution in [0, 0.1) is 0 Å².